The number of piperazine rings is 1. The molecule has 9 nitrogen and oxygen atoms in total. The fourth-order valence-electron chi connectivity index (χ4n) is 7.72. The summed E-state index contributed by atoms with van der Waals surface area (Å²) in [4.78, 5) is 27.5. The van der Waals surface area contributed by atoms with Gasteiger partial charge in [-0.3, -0.25) is 4.90 Å². The molecule has 2 atom stereocenters. The lowest BCUT2D eigenvalue weighted by Gasteiger charge is -2.41. The van der Waals surface area contributed by atoms with E-state index >= 15 is 0 Å². The number of pyridine rings is 1. The first-order chi connectivity index (χ1) is 22.7. The van der Waals surface area contributed by atoms with Gasteiger partial charge in [0.05, 0.1) is 30.5 Å². The van der Waals surface area contributed by atoms with E-state index in [0.717, 1.165) is 73.0 Å². The molecule has 4 aliphatic rings. The second-order valence-electron chi connectivity index (χ2n) is 14.1. The Hall–Kier alpha value is -4.05. The van der Waals surface area contributed by atoms with Crippen LogP contribution in [0.2, 0.25) is 5.02 Å². The third-order valence-electron chi connectivity index (χ3n) is 10.3. The predicted molar refractivity (Wildman–Crippen MR) is 185 cm³/mol. The quantitative estimate of drug-likeness (QED) is 0.230. The molecule has 10 heteroatoms. The fourth-order valence-corrected chi connectivity index (χ4v) is 7.84. The lowest BCUT2D eigenvalue weighted by Crippen LogP contribution is -2.48. The van der Waals surface area contributed by atoms with Gasteiger partial charge in [-0.2, -0.15) is 4.98 Å². The number of aromatic carboxylic acids is 1. The van der Waals surface area contributed by atoms with Crippen molar-refractivity contribution in [2.45, 2.75) is 45.3 Å². The number of aromatic amines is 1. The molecule has 0 unspecified atom stereocenters. The molecule has 3 aliphatic heterocycles. The van der Waals surface area contributed by atoms with Crippen LogP contribution in [0.4, 0.5) is 17.1 Å². The van der Waals surface area contributed by atoms with Crippen molar-refractivity contribution < 1.29 is 19.4 Å². The number of fused-ring (bicyclic) bond motifs is 3. The second-order valence-corrected chi connectivity index (χ2v) is 14.5. The summed E-state index contributed by atoms with van der Waals surface area (Å²) in [7, 11) is 0. The molecule has 2 N–H and O–H groups in total. The Morgan fingerprint density at radius 2 is 1.85 bits per heavy atom. The lowest BCUT2D eigenvalue weighted by molar-refractivity contribution is 0.0697. The maximum absolute atomic E-state index is 12.6. The number of anilines is 3. The average Bonchev–Trinajstić information content (AvgIpc) is 3.73. The van der Waals surface area contributed by atoms with E-state index in [1.807, 2.05) is 42.6 Å². The molecule has 0 spiro atoms. The molecule has 0 bridgehead atoms. The normalized spacial score (nSPS) is 22.7. The van der Waals surface area contributed by atoms with E-state index in [1.165, 1.54) is 23.1 Å². The standard InChI is InChI=1S/C37H40ClN5O4/c1-37(2)11-9-25(29(19-37)23-3-5-26(38)6-4-23)20-41-13-15-42(16-14-41)27-7-8-28(36(44)45)30(18-27)43-31-17-24-10-12-39-34(24)40-35(31)47-33-22-46-21-32(33)43/h3-8,10,12,17-18,32-33H,9,11,13-16,19-22H2,1-2H3,(H,39,40)(H,44,45)/t32-,33-/m1/s1. The Morgan fingerprint density at radius 3 is 2.64 bits per heavy atom. The number of benzene rings is 2. The number of nitrogens with zero attached hydrogens (tertiary/aromatic N) is 4. The van der Waals surface area contributed by atoms with Crippen molar-refractivity contribution in [3.05, 3.63) is 82.5 Å². The van der Waals surface area contributed by atoms with Crippen LogP contribution in [-0.2, 0) is 4.74 Å². The van der Waals surface area contributed by atoms with Crippen LogP contribution in [0.1, 0.15) is 49.0 Å². The summed E-state index contributed by atoms with van der Waals surface area (Å²) < 4.78 is 12.1. The minimum Gasteiger partial charge on any atom is -0.478 e. The number of halogens is 1. The summed E-state index contributed by atoms with van der Waals surface area (Å²) in [6, 6.07) is 17.9. The molecule has 1 aliphatic carbocycles. The van der Waals surface area contributed by atoms with Gasteiger partial charge in [0.1, 0.15) is 17.4 Å². The molecule has 0 amide bonds. The Balaban J connectivity index is 1.06. The summed E-state index contributed by atoms with van der Waals surface area (Å²) in [5.74, 6) is -0.476. The Kier molecular flexibility index (Phi) is 7.66. The molecule has 47 heavy (non-hydrogen) atoms. The van der Waals surface area contributed by atoms with E-state index in [1.54, 1.807) is 6.07 Å². The number of hydrogen-bond donors (Lipinski definition) is 2. The molecule has 4 aromatic rings. The van der Waals surface area contributed by atoms with Crippen LogP contribution in [0.15, 0.2) is 66.4 Å². The van der Waals surface area contributed by atoms with Crippen molar-refractivity contribution in [3.8, 4) is 5.88 Å². The second kappa shape index (κ2) is 11.9. The summed E-state index contributed by atoms with van der Waals surface area (Å²) in [6.45, 7) is 10.2. The number of allylic oxidation sites excluding steroid dienone is 1. The lowest BCUT2D eigenvalue weighted by atomic mass is 9.72. The number of rotatable bonds is 6. The summed E-state index contributed by atoms with van der Waals surface area (Å²) >= 11 is 6.23. The number of nitrogens with one attached hydrogen (secondary N) is 1. The Bertz CT molecular complexity index is 1860. The minimum atomic E-state index is -0.962. The number of carboxylic acid groups (broad SMARTS) is 1. The zero-order valence-electron chi connectivity index (χ0n) is 26.8. The monoisotopic (exact) mass is 653 g/mol. The van der Waals surface area contributed by atoms with Crippen molar-refractivity contribution in [2.24, 2.45) is 5.41 Å². The summed E-state index contributed by atoms with van der Waals surface area (Å²) in [5.41, 5.74) is 7.99. The number of ether oxygens (including phenoxy) is 2. The van der Waals surface area contributed by atoms with Crippen molar-refractivity contribution in [2.75, 3.05) is 55.7 Å². The molecule has 2 aromatic carbocycles. The number of hydrogen-bond acceptors (Lipinski definition) is 7. The van der Waals surface area contributed by atoms with Crippen molar-refractivity contribution in [1.82, 2.24) is 14.9 Å². The van der Waals surface area contributed by atoms with Crippen LogP contribution in [0.25, 0.3) is 16.6 Å². The van der Waals surface area contributed by atoms with Crippen LogP contribution in [0.5, 0.6) is 5.88 Å². The van der Waals surface area contributed by atoms with Gasteiger partial charge in [0.15, 0.2) is 0 Å². The van der Waals surface area contributed by atoms with Gasteiger partial charge in [-0.1, -0.05) is 43.2 Å². The predicted octanol–water partition coefficient (Wildman–Crippen LogP) is 7.00. The summed E-state index contributed by atoms with van der Waals surface area (Å²) in [6.07, 6.45) is 4.99. The fraction of sp³-hybridized carbons (Fsp3) is 0.405. The van der Waals surface area contributed by atoms with Gasteiger partial charge in [0.25, 0.3) is 0 Å². The highest BCUT2D eigenvalue weighted by molar-refractivity contribution is 6.30. The molecule has 8 rings (SSSR count). The smallest absolute Gasteiger partial charge is 0.337 e. The van der Waals surface area contributed by atoms with E-state index in [0.29, 0.717) is 24.8 Å². The number of carbonyl (C=O) groups is 1. The highest BCUT2D eigenvalue weighted by Crippen LogP contribution is 2.46. The van der Waals surface area contributed by atoms with E-state index < -0.39 is 5.97 Å². The average molecular weight is 654 g/mol. The molecule has 5 heterocycles. The Labute approximate surface area is 279 Å². The van der Waals surface area contributed by atoms with Crippen LogP contribution in [-0.4, -0.2) is 84.0 Å². The van der Waals surface area contributed by atoms with Gasteiger partial charge in [0.2, 0.25) is 5.88 Å². The van der Waals surface area contributed by atoms with Crippen molar-refractivity contribution >= 4 is 51.2 Å². The molecule has 2 aromatic heterocycles. The van der Waals surface area contributed by atoms with Crippen molar-refractivity contribution in [3.63, 3.8) is 0 Å². The first-order valence-electron chi connectivity index (χ1n) is 16.6. The van der Waals surface area contributed by atoms with E-state index in [2.05, 4.69) is 45.7 Å². The maximum atomic E-state index is 12.6. The van der Waals surface area contributed by atoms with Gasteiger partial charge < -0.3 is 29.4 Å². The van der Waals surface area contributed by atoms with Crippen LogP contribution >= 0.6 is 11.6 Å². The van der Waals surface area contributed by atoms with Crippen molar-refractivity contribution in [1.29, 1.82) is 0 Å². The van der Waals surface area contributed by atoms with E-state index in [-0.39, 0.29) is 23.1 Å². The molecule has 244 valence electrons. The molecule has 0 saturated carbocycles. The van der Waals surface area contributed by atoms with Gasteiger partial charge in [-0.15, -0.1) is 0 Å². The molecular weight excluding hydrogens is 614 g/mol. The number of carboxylic acids is 1. The SMILES string of the molecule is CC1(C)CCC(CN2CCN(c3ccc(C(=O)O)c(N4c5cc6cc[nH]c6nc5O[C@@H]5COC[C@H]54)c3)CC2)=C(c2ccc(Cl)cc2)C1. The van der Waals surface area contributed by atoms with E-state index in [9.17, 15) is 9.90 Å². The zero-order chi connectivity index (χ0) is 32.3. The maximum Gasteiger partial charge on any atom is 0.337 e. The first kappa shape index (κ1) is 30.3. The molecular formula is C37H40ClN5O4. The molecule has 0 radical (unpaired) electrons. The molecule has 2 fully saturated rings. The number of H-pyrrole nitrogens is 1. The molecule has 2 saturated heterocycles. The van der Waals surface area contributed by atoms with Gasteiger partial charge >= 0.3 is 5.97 Å². The van der Waals surface area contributed by atoms with Gasteiger partial charge in [0, 0.05) is 55.0 Å². The van der Waals surface area contributed by atoms with Gasteiger partial charge in [-0.05, 0) is 78.3 Å². The number of aromatic nitrogens is 2. The zero-order valence-corrected chi connectivity index (χ0v) is 27.6. The van der Waals surface area contributed by atoms with Crippen LogP contribution in [0, 0.1) is 5.41 Å². The van der Waals surface area contributed by atoms with Crippen LogP contribution < -0.4 is 14.5 Å². The topological polar surface area (TPSA) is 94.2 Å². The van der Waals surface area contributed by atoms with E-state index in [4.69, 9.17) is 26.1 Å². The summed E-state index contributed by atoms with van der Waals surface area (Å²) in [5, 5.41) is 12.0. The Morgan fingerprint density at radius 1 is 1.04 bits per heavy atom. The minimum absolute atomic E-state index is 0.158. The third-order valence-corrected chi connectivity index (χ3v) is 10.6. The third kappa shape index (κ3) is 5.75. The highest BCUT2D eigenvalue weighted by Gasteiger charge is 2.43. The largest absolute Gasteiger partial charge is 0.478 e. The van der Waals surface area contributed by atoms with Gasteiger partial charge in [-0.25, -0.2) is 4.79 Å². The highest BCUT2D eigenvalue weighted by atomic mass is 35.5. The first-order valence-corrected chi connectivity index (χ1v) is 16.9. The van der Waals surface area contributed by atoms with Crippen LogP contribution in [0.3, 0.4) is 0 Å².